The number of nitrogens with zero attached hydrogens (tertiary/aromatic N) is 3. The second kappa shape index (κ2) is 7.53. The lowest BCUT2D eigenvalue weighted by molar-refractivity contribution is -0.385. The molecule has 1 aliphatic heterocycles. The monoisotopic (exact) mass is 391 g/mol. The molecule has 0 aromatic heterocycles. The lowest BCUT2D eigenvalue weighted by atomic mass is 10.2. The van der Waals surface area contributed by atoms with Gasteiger partial charge in [0.05, 0.1) is 16.9 Å². The SMILES string of the molecule is COc1ccc(N2CCN(S(=O)(=O)c3cccc([N+](=O)[O-])c3C)CC2)cc1. The Hall–Kier alpha value is -2.65. The molecule has 1 fully saturated rings. The van der Waals surface area contributed by atoms with Crippen LogP contribution in [-0.2, 0) is 10.0 Å². The van der Waals surface area contributed by atoms with Crippen LogP contribution in [0.2, 0.25) is 0 Å². The Kier molecular flexibility index (Phi) is 5.33. The lowest BCUT2D eigenvalue weighted by Crippen LogP contribution is -2.48. The summed E-state index contributed by atoms with van der Waals surface area (Å²) in [5.41, 5.74) is 0.979. The van der Waals surface area contributed by atoms with Gasteiger partial charge in [0, 0.05) is 43.5 Å². The van der Waals surface area contributed by atoms with Crippen LogP contribution in [0.25, 0.3) is 0 Å². The number of piperazine rings is 1. The molecule has 1 aliphatic rings. The number of ether oxygens (including phenoxy) is 1. The second-order valence-corrected chi connectivity index (χ2v) is 8.15. The number of hydrogen-bond acceptors (Lipinski definition) is 6. The highest BCUT2D eigenvalue weighted by atomic mass is 32.2. The van der Waals surface area contributed by atoms with E-state index in [1.165, 1.54) is 29.4 Å². The quantitative estimate of drug-likeness (QED) is 0.574. The van der Waals surface area contributed by atoms with Crippen molar-refractivity contribution in [2.45, 2.75) is 11.8 Å². The molecule has 27 heavy (non-hydrogen) atoms. The van der Waals surface area contributed by atoms with Gasteiger partial charge in [-0.2, -0.15) is 4.31 Å². The topological polar surface area (TPSA) is 93.0 Å². The molecule has 144 valence electrons. The number of sulfonamides is 1. The van der Waals surface area contributed by atoms with Crippen LogP contribution in [0, 0.1) is 17.0 Å². The van der Waals surface area contributed by atoms with Gasteiger partial charge in [0.15, 0.2) is 0 Å². The molecule has 2 aromatic rings. The Morgan fingerprint density at radius 3 is 2.22 bits per heavy atom. The summed E-state index contributed by atoms with van der Waals surface area (Å²) in [6.45, 7) is 3.19. The molecule has 8 nitrogen and oxygen atoms in total. The Morgan fingerprint density at radius 2 is 1.67 bits per heavy atom. The van der Waals surface area contributed by atoms with E-state index in [9.17, 15) is 18.5 Å². The smallest absolute Gasteiger partial charge is 0.273 e. The first kappa shape index (κ1) is 19.1. The van der Waals surface area contributed by atoms with Crippen LogP contribution >= 0.6 is 0 Å². The minimum atomic E-state index is -3.78. The maximum Gasteiger partial charge on any atom is 0.273 e. The summed E-state index contributed by atoms with van der Waals surface area (Å²) in [5, 5.41) is 11.1. The first-order valence-corrected chi connectivity index (χ1v) is 9.92. The number of nitro benzene ring substituents is 1. The summed E-state index contributed by atoms with van der Waals surface area (Å²) in [4.78, 5) is 12.6. The maximum absolute atomic E-state index is 13.0. The zero-order chi connectivity index (χ0) is 19.6. The minimum absolute atomic E-state index is 0.00500. The molecular weight excluding hydrogens is 370 g/mol. The van der Waals surface area contributed by atoms with Gasteiger partial charge in [-0.15, -0.1) is 0 Å². The van der Waals surface area contributed by atoms with Gasteiger partial charge in [0.2, 0.25) is 10.0 Å². The van der Waals surface area contributed by atoms with Crippen LogP contribution in [0.1, 0.15) is 5.56 Å². The molecule has 0 saturated carbocycles. The van der Waals surface area contributed by atoms with Crippen molar-refractivity contribution in [2.75, 3.05) is 38.2 Å². The van der Waals surface area contributed by atoms with Gasteiger partial charge in [-0.25, -0.2) is 8.42 Å². The summed E-state index contributed by atoms with van der Waals surface area (Å²) >= 11 is 0. The predicted octanol–water partition coefficient (Wildman–Crippen LogP) is 2.42. The molecule has 1 heterocycles. The third kappa shape index (κ3) is 3.74. The van der Waals surface area contributed by atoms with Crippen molar-refractivity contribution in [3.8, 4) is 5.75 Å². The molecule has 0 bridgehead atoms. The van der Waals surface area contributed by atoms with E-state index in [0.717, 1.165) is 11.4 Å². The summed E-state index contributed by atoms with van der Waals surface area (Å²) < 4.78 is 32.5. The van der Waals surface area contributed by atoms with E-state index in [0.29, 0.717) is 26.2 Å². The molecule has 0 N–H and O–H groups in total. The van der Waals surface area contributed by atoms with E-state index in [-0.39, 0.29) is 16.1 Å². The van der Waals surface area contributed by atoms with Gasteiger partial charge in [0.1, 0.15) is 5.75 Å². The maximum atomic E-state index is 13.0. The Labute approximate surface area is 158 Å². The van der Waals surface area contributed by atoms with Crippen LogP contribution < -0.4 is 9.64 Å². The molecule has 1 saturated heterocycles. The number of hydrogen-bond donors (Lipinski definition) is 0. The average molecular weight is 391 g/mol. The fourth-order valence-corrected chi connectivity index (χ4v) is 4.86. The van der Waals surface area contributed by atoms with Crippen LogP contribution in [-0.4, -0.2) is 50.9 Å². The fourth-order valence-electron chi connectivity index (χ4n) is 3.20. The molecule has 2 aromatic carbocycles. The van der Waals surface area contributed by atoms with Crippen LogP contribution in [0.3, 0.4) is 0 Å². The molecule has 0 unspecified atom stereocenters. The zero-order valence-electron chi connectivity index (χ0n) is 15.2. The normalized spacial score (nSPS) is 15.6. The van der Waals surface area contributed by atoms with Gasteiger partial charge >= 0.3 is 0 Å². The Morgan fingerprint density at radius 1 is 1.04 bits per heavy atom. The largest absolute Gasteiger partial charge is 0.497 e. The number of benzene rings is 2. The van der Waals surface area contributed by atoms with Gasteiger partial charge in [0.25, 0.3) is 5.69 Å². The van der Waals surface area contributed by atoms with E-state index >= 15 is 0 Å². The molecular formula is C18H21N3O5S. The predicted molar refractivity (Wildman–Crippen MR) is 102 cm³/mol. The molecule has 0 atom stereocenters. The van der Waals surface area contributed by atoms with Crippen molar-refractivity contribution in [3.05, 3.63) is 58.1 Å². The van der Waals surface area contributed by atoms with Crippen molar-refractivity contribution in [2.24, 2.45) is 0 Å². The number of nitro groups is 1. The molecule has 0 amide bonds. The first-order chi connectivity index (χ1) is 12.8. The van der Waals surface area contributed by atoms with Crippen molar-refractivity contribution in [1.82, 2.24) is 4.31 Å². The summed E-state index contributed by atoms with van der Waals surface area (Å²) in [6, 6.07) is 11.8. The van der Waals surface area contributed by atoms with Gasteiger partial charge in [-0.05, 0) is 37.3 Å². The van der Waals surface area contributed by atoms with Crippen molar-refractivity contribution >= 4 is 21.4 Å². The van der Waals surface area contributed by atoms with E-state index < -0.39 is 14.9 Å². The fraction of sp³-hybridized carbons (Fsp3) is 0.333. The molecule has 3 rings (SSSR count). The number of rotatable bonds is 5. The standard InChI is InChI=1S/C18H21N3O5S/c1-14-17(21(22)23)4-3-5-18(14)27(24,25)20-12-10-19(11-13-20)15-6-8-16(26-2)9-7-15/h3-9H,10-13H2,1-2H3. The van der Waals surface area contributed by atoms with E-state index in [2.05, 4.69) is 4.90 Å². The van der Waals surface area contributed by atoms with E-state index in [4.69, 9.17) is 4.74 Å². The van der Waals surface area contributed by atoms with Gasteiger partial charge in [-0.1, -0.05) is 6.07 Å². The van der Waals surface area contributed by atoms with Crippen LogP contribution in [0.5, 0.6) is 5.75 Å². The number of methoxy groups -OCH3 is 1. The molecule has 0 spiro atoms. The highest BCUT2D eigenvalue weighted by molar-refractivity contribution is 7.89. The minimum Gasteiger partial charge on any atom is -0.497 e. The van der Waals surface area contributed by atoms with Gasteiger partial charge in [-0.3, -0.25) is 10.1 Å². The summed E-state index contributed by atoms with van der Waals surface area (Å²) in [6.07, 6.45) is 0. The molecule has 0 radical (unpaired) electrons. The van der Waals surface area contributed by atoms with Crippen molar-refractivity contribution in [3.63, 3.8) is 0 Å². The van der Waals surface area contributed by atoms with E-state index in [1.54, 1.807) is 7.11 Å². The molecule has 0 aliphatic carbocycles. The van der Waals surface area contributed by atoms with E-state index in [1.807, 2.05) is 24.3 Å². The van der Waals surface area contributed by atoms with Crippen LogP contribution in [0.4, 0.5) is 11.4 Å². The highest BCUT2D eigenvalue weighted by Crippen LogP contribution is 2.28. The van der Waals surface area contributed by atoms with Crippen molar-refractivity contribution < 1.29 is 18.1 Å². The Balaban J connectivity index is 1.77. The highest BCUT2D eigenvalue weighted by Gasteiger charge is 2.31. The zero-order valence-corrected chi connectivity index (χ0v) is 16.0. The van der Waals surface area contributed by atoms with Gasteiger partial charge < -0.3 is 9.64 Å². The van der Waals surface area contributed by atoms with Crippen LogP contribution in [0.15, 0.2) is 47.4 Å². The number of anilines is 1. The lowest BCUT2D eigenvalue weighted by Gasteiger charge is -2.35. The Bertz CT molecular complexity index is 936. The van der Waals surface area contributed by atoms with Crippen molar-refractivity contribution in [1.29, 1.82) is 0 Å². The average Bonchev–Trinajstić information content (AvgIpc) is 2.68. The summed E-state index contributed by atoms with van der Waals surface area (Å²) in [7, 11) is -2.18. The molecule has 9 heteroatoms. The first-order valence-electron chi connectivity index (χ1n) is 8.48. The second-order valence-electron chi connectivity index (χ2n) is 6.25. The summed E-state index contributed by atoms with van der Waals surface area (Å²) in [5.74, 6) is 0.765. The third-order valence-electron chi connectivity index (χ3n) is 4.75. The third-order valence-corrected chi connectivity index (χ3v) is 6.79.